The summed E-state index contributed by atoms with van der Waals surface area (Å²) in [5.41, 5.74) is 1.72. The summed E-state index contributed by atoms with van der Waals surface area (Å²) in [6.45, 7) is 17.2. The first kappa shape index (κ1) is 65.5. The molecule has 3 heterocycles. The summed E-state index contributed by atoms with van der Waals surface area (Å²) in [5, 5.41) is 0. The fourth-order valence-electron chi connectivity index (χ4n) is 36.3. The quantitative estimate of drug-likeness (QED) is 0.213. The molecule has 0 aromatic heterocycles. The molecule has 3 saturated heterocycles. The van der Waals surface area contributed by atoms with Crippen molar-refractivity contribution in [3.8, 4) is 0 Å². The van der Waals surface area contributed by atoms with E-state index in [0.717, 1.165) is 214 Å². The lowest BCUT2D eigenvalue weighted by Crippen LogP contribution is -2.94. The van der Waals surface area contributed by atoms with Crippen LogP contribution >= 0.6 is 0 Å². The average Bonchev–Trinajstić information content (AvgIpc) is 0.619. The van der Waals surface area contributed by atoms with Crippen molar-refractivity contribution < 1.29 is 0 Å². The second-order valence-electron chi connectivity index (χ2n) is 44.6. The van der Waals surface area contributed by atoms with Crippen molar-refractivity contribution in [2.75, 3.05) is 0 Å². The third-order valence-corrected chi connectivity index (χ3v) is 39.9. The molecule has 0 N–H and O–H groups in total. The third-order valence-electron chi connectivity index (χ3n) is 39.9. The Morgan fingerprint density at radius 3 is 1.22 bits per heavy atom. The first-order valence-corrected chi connectivity index (χ1v) is 46.2. The largest absolute Gasteiger partial charge is 0.295 e. The Balaban J connectivity index is 0.761. The van der Waals surface area contributed by atoms with Gasteiger partial charge in [0.15, 0.2) is 6.71 Å². The molecule has 536 valence electrons. The lowest BCUT2D eigenvalue weighted by Gasteiger charge is -2.90. The molecule has 17 saturated carbocycles. The molecule has 4 heteroatoms. The topological polar surface area (TPSA) is 9.72 Å². The zero-order chi connectivity index (χ0) is 64.1. The Labute approximate surface area is 592 Å². The standard InChI is InChI=1S/C92H150BN3/c1-90(2,3)66-44-63-38-39-64-45-67(91(4,5)6)51-76-75(47-65(46-66)85(63)86(64)76)62-41-43-79-78(48-62)93-77-42-40-61(56-24-12-7-13-25-56)49-80(77)96(89-73(59-30-18-10-19-31-59)36-23-37-74(89)60-32-20-11-21-33-60)82-55-70(94-83-52-68-50-69-53-84(94)92(68,69)83)54-81(87(82)93)95(79)88-71(57-26-14-8-15-27-57)34-22-35-72(88)58-28-16-9-17-29-58/h56-89H,7-55H2,1-6H3. The van der Waals surface area contributed by atoms with E-state index in [1.807, 2.05) is 0 Å². The predicted molar refractivity (Wildman–Crippen MR) is 401 cm³/mol. The zero-order valence-corrected chi connectivity index (χ0v) is 63.7. The average molecular weight is 1310 g/mol. The summed E-state index contributed by atoms with van der Waals surface area (Å²) in [5.74, 6) is 25.3. The minimum atomic E-state index is 0.445. The number of hydrogen-bond acceptors (Lipinski definition) is 3. The van der Waals surface area contributed by atoms with Crippen molar-refractivity contribution in [3.05, 3.63) is 0 Å². The van der Waals surface area contributed by atoms with Gasteiger partial charge in [0, 0.05) is 59.8 Å². The number of nitrogens with zero attached hydrogens (tertiary/aromatic N) is 3. The Bertz CT molecular complexity index is 2620. The van der Waals surface area contributed by atoms with Crippen molar-refractivity contribution in [3.63, 3.8) is 0 Å². The van der Waals surface area contributed by atoms with E-state index in [4.69, 9.17) is 0 Å². The maximum absolute atomic E-state index is 3.98. The lowest BCUT2D eigenvalue weighted by molar-refractivity contribution is -0.408. The summed E-state index contributed by atoms with van der Waals surface area (Å²) < 4.78 is 0. The molecule has 0 amide bonds. The van der Waals surface area contributed by atoms with E-state index in [9.17, 15) is 0 Å². The number of likely N-dealkylation sites (tertiary alicyclic amines) is 1. The van der Waals surface area contributed by atoms with Crippen LogP contribution in [-0.4, -0.2) is 75.8 Å². The fraction of sp³-hybridized carbons (Fsp3) is 1.00. The monoisotopic (exact) mass is 1310 g/mol. The Kier molecular flexibility index (Phi) is 17.5. The molecule has 96 heavy (non-hydrogen) atoms. The summed E-state index contributed by atoms with van der Waals surface area (Å²) in [6.07, 6.45) is 78.1. The number of hydrogen-bond donors (Lipinski definition) is 0. The van der Waals surface area contributed by atoms with Crippen LogP contribution in [0.5, 0.6) is 0 Å². The number of fused-ring (bicyclic) bond motifs is 4. The molecule has 0 aromatic rings. The van der Waals surface area contributed by atoms with Crippen LogP contribution in [0.4, 0.5) is 0 Å². The predicted octanol–water partition coefficient (Wildman–Crippen LogP) is 23.8. The van der Waals surface area contributed by atoms with E-state index in [0.29, 0.717) is 10.8 Å². The SMILES string of the molecule is CC(C)(C)C1CC2CCC3CC(C(C)(C)C)CC4C(C5CCC6C(C5)B5C7CCC(C8CCCCC8)CC7N(C7C(C8CCCCC8)CCCC7C7CCCCC7)C7CC(N8C9CC%10CC%11CC8C%10%119)CC(C57)N6C5C(C6CCCCC6)CCCC5C5CCCCC5)CC(C1)C2C34. The molecule has 27 unspecified atom stereocenters. The molecule has 27 atom stereocenters. The first-order valence-electron chi connectivity index (χ1n) is 46.2. The van der Waals surface area contributed by atoms with Gasteiger partial charge in [-0.3, -0.25) is 14.7 Å². The van der Waals surface area contributed by atoms with Gasteiger partial charge in [-0.25, -0.2) is 0 Å². The molecule has 20 aliphatic rings. The van der Waals surface area contributed by atoms with Crippen LogP contribution < -0.4 is 0 Å². The van der Waals surface area contributed by atoms with Crippen LogP contribution in [0, 0.1) is 146 Å². The van der Waals surface area contributed by atoms with E-state index >= 15 is 0 Å². The summed E-state index contributed by atoms with van der Waals surface area (Å²) in [7, 11) is 0. The van der Waals surface area contributed by atoms with Gasteiger partial charge in [-0.05, 0) is 280 Å². The highest BCUT2D eigenvalue weighted by Crippen LogP contribution is 2.83. The fourth-order valence-corrected chi connectivity index (χ4v) is 36.3. The van der Waals surface area contributed by atoms with Crippen molar-refractivity contribution in [1.82, 2.24) is 14.7 Å². The van der Waals surface area contributed by atoms with Crippen molar-refractivity contribution in [2.45, 2.75) is 428 Å². The second-order valence-corrected chi connectivity index (χ2v) is 44.6. The van der Waals surface area contributed by atoms with E-state index < -0.39 is 0 Å². The van der Waals surface area contributed by atoms with Crippen LogP contribution in [0.25, 0.3) is 0 Å². The highest BCUT2D eigenvalue weighted by atomic mass is 15.4. The normalized spacial score (nSPS) is 52.9. The number of rotatable bonds is 9. The molecule has 3 nitrogen and oxygen atoms in total. The van der Waals surface area contributed by atoms with E-state index in [1.54, 1.807) is 283 Å². The molecule has 17 aliphatic carbocycles. The maximum Gasteiger partial charge on any atom is 0.156 e. The zero-order valence-electron chi connectivity index (χ0n) is 63.7. The molecular formula is C92H150BN3. The molecule has 20 rings (SSSR count). The van der Waals surface area contributed by atoms with Crippen LogP contribution in [-0.2, 0) is 0 Å². The van der Waals surface area contributed by atoms with Crippen LogP contribution in [0.15, 0.2) is 0 Å². The van der Waals surface area contributed by atoms with Crippen molar-refractivity contribution in [2.24, 2.45) is 146 Å². The minimum absolute atomic E-state index is 0.445. The lowest BCUT2D eigenvalue weighted by atomic mass is 9.17. The van der Waals surface area contributed by atoms with Gasteiger partial charge >= 0.3 is 0 Å². The Morgan fingerprint density at radius 2 is 0.719 bits per heavy atom. The van der Waals surface area contributed by atoms with Gasteiger partial charge in [0.25, 0.3) is 0 Å². The first-order chi connectivity index (χ1) is 46.9. The van der Waals surface area contributed by atoms with Crippen molar-refractivity contribution in [1.29, 1.82) is 0 Å². The molecule has 3 aliphatic heterocycles. The van der Waals surface area contributed by atoms with Gasteiger partial charge in [0.05, 0.1) is 0 Å². The van der Waals surface area contributed by atoms with Gasteiger partial charge in [0.2, 0.25) is 0 Å². The van der Waals surface area contributed by atoms with Gasteiger partial charge in [-0.2, -0.15) is 0 Å². The Hall–Kier alpha value is -0.0551. The molecule has 1 spiro atoms. The van der Waals surface area contributed by atoms with E-state index in [-0.39, 0.29) is 0 Å². The maximum atomic E-state index is 3.98. The van der Waals surface area contributed by atoms with Crippen molar-refractivity contribution >= 4 is 6.71 Å². The molecule has 20 fully saturated rings. The van der Waals surface area contributed by atoms with E-state index in [1.165, 1.54) is 32.1 Å². The molecule has 0 aromatic carbocycles. The van der Waals surface area contributed by atoms with Gasteiger partial charge < -0.3 is 0 Å². The third kappa shape index (κ3) is 10.4. The van der Waals surface area contributed by atoms with Crippen LogP contribution in [0.3, 0.4) is 0 Å². The Morgan fingerprint density at radius 1 is 0.271 bits per heavy atom. The van der Waals surface area contributed by atoms with Crippen LogP contribution in [0.2, 0.25) is 17.5 Å². The number of piperidine rings is 2. The van der Waals surface area contributed by atoms with Gasteiger partial charge in [-0.15, -0.1) is 0 Å². The second kappa shape index (κ2) is 25.6. The highest BCUT2D eigenvalue weighted by Gasteiger charge is 2.85. The van der Waals surface area contributed by atoms with E-state index in [2.05, 4.69) is 56.2 Å². The van der Waals surface area contributed by atoms with Gasteiger partial charge in [0.1, 0.15) is 0 Å². The molecule has 0 radical (unpaired) electrons. The summed E-state index contributed by atoms with van der Waals surface area (Å²) in [6, 6.07) is 8.08. The summed E-state index contributed by atoms with van der Waals surface area (Å²) >= 11 is 0. The molecular weight excluding hydrogens is 1160 g/mol. The molecule has 0 bridgehead atoms. The summed E-state index contributed by atoms with van der Waals surface area (Å²) in [4.78, 5) is 11.5. The van der Waals surface area contributed by atoms with Crippen LogP contribution in [0.1, 0.15) is 356 Å². The smallest absolute Gasteiger partial charge is 0.156 e. The minimum Gasteiger partial charge on any atom is -0.295 e. The van der Waals surface area contributed by atoms with Gasteiger partial charge in [-0.1, -0.05) is 234 Å². The highest BCUT2D eigenvalue weighted by molar-refractivity contribution is 6.65.